The second kappa shape index (κ2) is 75.1. The lowest BCUT2D eigenvalue weighted by Gasteiger charge is -2.21. The average molecular weight is 1520 g/mol. The fourth-order valence-corrected chi connectivity index (χ4v) is 14.8. The van der Waals surface area contributed by atoms with E-state index in [1.165, 1.54) is 257 Å². The SMILES string of the molecule is CCCCCCCCCCCCCCCCCCCCCCCCC(=O)O[C@H](COC(=O)CCCCCCCCCCCCCCCC(C)C)COP(=O)(O)OC[C@@H](O)COP(=O)(O)OC[C@@H](COC(=O)CCCCCCCCCCC(C)C)OC(=O)CCCCCCCCCCCCCCC(C)C. The smallest absolute Gasteiger partial charge is 0.462 e. The molecule has 0 radical (unpaired) electrons. The predicted octanol–water partition coefficient (Wildman–Crippen LogP) is 25.7. The highest BCUT2D eigenvalue weighted by atomic mass is 31.2. The Bertz CT molecular complexity index is 2010. The molecule has 0 fully saturated rings. The second-order valence-corrected chi connectivity index (χ2v) is 34.9. The first kappa shape index (κ1) is 102. The molecule has 0 aromatic carbocycles. The van der Waals surface area contributed by atoms with E-state index in [2.05, 4.69) is 48.5 Å². The summed E-state index contributed by atoms with van der Waals surface area (Å²) in [4.78, 5) is 73.2. The maximum atomic E-state index is 13.1. The van der Waals surface area contributed by atoms with E-state index < -0.39 is 97.5 Å². The van der Waals surface area contributed by atoms with Gasteiger partial charge in [0, 0.05) is 25.7 Å². The minimum absolute atomic E-state index is 0.106. The van der Waals surface area contributed by atoms with E-state index in [0.29, 0.717) is 25.7 Å². The van der Waals surface area contributed by atoms with Crippen molar-refractivity contribution in [3.05, 3.63) is 0 Å². The van der Waals surface area contributed by atoms with Crippen LogP contribution in [-0.4, -0.2) is 96.7 Å². The molecule has 3 N–H and O–H groups in total. The fourth-order valence-electron chi connectivity index (χ4n) is 13.2. The van der Waals surface area contributed by atoms with E-state index in [1.54, 1.807) is 0 Å². The molecule has 0 aromatic heterocycles. The van der Waals surface area contributed by atoms with Crippen molar-refractivity contribution in [1.82, 2.24) is 0 Å². The first-order valence-electron chi connectivity index (χ1n) is 43.8. The van der Waals surface area contributed by atoms with Crippen LogP contribution in [0.15, 0.2) is 0 Å². The molecule has 104 heavy (non-hydrogen) atoms. The van der Waals surface area contributed by atoms with Gasteiger partial charge in [-0.05, 0) is 43.4 Å². The Hall–Kier alpha value is -1.94. The van der Waals surface area contributed by atoms with Gasteiger partial charge >= 0.3 is 39.5 Å². The predicted molar refractivity (Wildman–Crippen MR) is 428 cm³/mol. The number of hydrogen-bond donors (Lipinski definition) is 3. The van der Waals surface area contributed by atoms with Crippen molar-refractivity contribution >= 4 is 39.5 Å². The molecule has 618 valence electrons. The lowest BCUT2D eigenvalue weighted by molar-refractivity contribution is -0.161. The number of carbonyl (C=O) groups is 4. The topological polar surface area (TPSA) is 237 Å². The van der Waals surface area contributed by atoms with Gasteiger partial charge in [0.15, 0.2) is 12.2 Å². The van der Waals surface area contributed by atoms with Crippen molar-refractivity contribution in [2.75, 3.05) is 39.6 Å². The van der Waals surface area contributed by atoms with E-state index in [-0.39, 0.29) is 25.7 Å². The third-order valence-electron chi connectivity index (χ3n) is 19.9. The zero-order valence-electron chi connectivity index (χ0n) is 68.5. The Kier molecular flexibility index (Phi) is 73.7. The Morgan fingerprint density at radius 1 is 0.260 bits per heavy atom. The minimum Gasteiger partial charge on any atom is -0.462 e. The molecule has 0 saturated carbocycles. The first-order chi connectivity index (χ1) is 50.2. The number of hydrogen-bond acceptors (Lipinski definition) is 15. The van der Waals surface area contributed by atoms with Crippen LogP contribution < -0.4 is 0 Å². The van der Waals surface area contributed by atoms with Crippen LogP contribution in [0.2, 0.25) is 0 Å². The third kappa shape index (κ3) is 78.2. The quantitative estimate of drug-likeness (QED) is 0.0222. The van der Waals surface area contributed by atoms with E-state index >= 15 is 0 Å². The fraction of sp³-hybridized carbons (Fsp3) is 0.953. The number of unbranched alkanes of at least 4 members (excludes halogenated alkanes) is 51. The highest BCUT2D eigenvalue weighted by Gasteiger charge is 2.30. The number of phosphoric ester groups is 2. The normalized spacial score (nSPS) is 13.9. The van der Waals surface area contributed by atoms with E-state index in [0.717, 1.165) is 108 Å². The number of phosphoric acid groups is 2. The Morgan fingerprint density at radius 2 is 0.442 bits per heavy atom. The van der Waals surface area contributed by atoms with Gasteiger partial charge in [0.05, 0.1) is 26.4 Å². The molecule has 0 amide bonds. The Labute approximate surface area is 638 Å². The van der Waals surface area contributed by atoms with Crippen molar-refractivity contribution in [1.29, 1.82) is 0 Å². The summed E-state index contributed by atoms with van der Waals surface area (Å²) in [6.07, 6.45) is 65.4. The van der Waals surface area contributed by atoms with Gasteiger partial charge in [-0.1, -0.05) is 395 Å². The highest BCUT2D eigenvalue weighted by molar-refractivity contribution is 7.47. The minimum atomic E-state index is -4.97. The summed E-state index contributed by atoms with van der Waals surface area (Å²) in [6.45, 7) is 12.0. The van der Waals surface area contributed by atoms with Crippen molar-refractivity contribution in [2.24, 2.45) is 17.8 Å². The second-order valence-electron chi connectivity index (χ2n) is 32.0. The lowest BCUT2D eigenvalue weighted by Crippen LogP contribution is -2.30. The Morgan fingerprint density at radius 3 is 0.654 bits per heavy atom. The van der Waals surface area contributed by atoms with Crippen molar-refractivity contribution < 1.29 is 80.2 Å². The van der Waals surface area contributed by atoms with Crippen LogP contribution in [0.5, 0.6) is 0 Å². The zero-order chi connectivity index (χ0) is 76.5. The largest absolute Gasteiger partial charge is 0.472 e. The van der Waals surface area contributed by atoms with Crippen LogP contribution in [0.3, 0.4) is 0 Å². The van der Waals surface area contributed by atoms with Crippen LogP contribution in [0.25, 0.3) is 0 Å². The molecule has 2 unspecified atom stereocenters. The molecule has 0 aliphatic rings. The number of aliphatic hydroxyl groups is 1. The molecule has 5 atom stereocenters. The van der Waals surface area contributed by atoms with Gasteiger partial charge in [-0.3, -0.25) is 37.3 Å². The molecular formula is C85H166O17P2. The molecule has 0 bridgehead atoms. The molecule has 0 aliphatic carbocycles. The molecule has 0 saturated heterocycles. The molecule has 17 nitrogen and oxygen atoms in total. The summed E-state index contributed by atoms with van der Waals surface area (Å²) >= 11 is 0. The number of carbonyl (C=O) groups excluding carboxylic acids is 4. The molecule has 0 aliphatic heterocycles. The standard InChI is InChI=1S/C85H166O17P2/c1-8-9-10-11-12-13-14-15-16-17-18-19-20-21-22-23-26-33-38-47-54-61-68-84(89)101-80(72-95-82(87)66-59-52-45-37-32-27-24-25-30-35-42-49-56-63-76(2)3)74-99-103(91,92)97-70-79(86)71-98-104(93,94)100-75-81(73-96-83(88)67-60-53-46-41-40-44-51-58-65-78(6)7)102-85(90)69-62-55-48-39-34-29-28-31-36-43-50-57-64-77(4)5/h76-81,86H,8-75H2,1-7H3,(H,91,92)(H,93,94)/t79-,80-,81-/m1/s1. The van der Waals surface area contributed by atoms with Gasteiger partial charge < -0.3 is 33.8 Å². The molecule has 19 heteroatoms. The van der Waals surface area contributed by atoms with Crippen molar-refractivity contribution in [3.8, 4) is 0 Å². The van der Waals surface area contributed by atoms with Crippen LogP contribution in [-0.2, 0) is 65.4 Å². The van der Waals surface area contributed by atoms with Crippen LogP contribution in [0.1, 0.15) is 447 Å². The summed E-state index contributed by atoms with van der Waals surface area (Å²) in [5.74, 6) is 0.186. The van der Waals surface area contributed by atoms with Gasteiger partial charge in [-0.15, -0.1) is 0 Å². The Balaban J connectivity index is 5.23. The van der Waals surface area contributed by atoms with Gasteiger partial charge in [0.1, 0.15) is 19.3 Å². The molecule has 0 rings (SSSR count). The van der Waals surface area contributed by atoms with Gasteiger partial charge in [-0.2, -0.15) is 0 Å². The molecule has 0 aromatic rings. The maximum Gasteiger partial charge on any atom is 0.472 e. The molecule has 0 spiro atoms. The van der Waals surface area contributed by atoms with E-state index in [4.69, 9.17) is 37.0 Å². The third-order valence-corrected chi connectivity index (χ3v) is 21.8. The summed E-state index contributed by atoms with van der Waals surface area (Å²) in [7, 11) is -9.93. The van der Waals surface area contributed by atoms with E-state index in [9.17, 15) is 43.2 Å². The summed E-state index contributed by atoms with van der Waals surface area (Å²) < 4.78 is 68.9. The van der Waals surface area contributed by atoms with Gasteiger partial charge in [0.25, 0.3) is 0 Å². The molecule has 0 heterocycles. The number of ether oxygens (including phenoxy) is 4. The first-order valence-corrected chi connectivity index (χ1v) is 46.8. The van der Waals surface area contributed by atoms with Crippen molar-refractivity contribution in [3.63, 3.8) is 0 Å². The number of esters is 4. The van der Waals surface area contributed by atoms with Crippen LogP contribution in [0.4, 0.5) is 0 Å². The highest BCUT2D eigenvalue weighted by Crippen LogP contribution is 2.45. The monoisotopic (exact) mass is 1520 g/mol. The van der Waals surface area contributed by atoms with Crippen LogP contribution in [0, 0.1) is 17.8 Å². The zero-order valence-corrected chi connectivity index (χ0v) is 70.3. The van der Waals surface area contributed by atoms with E-state index in [1.807, 2.05) is 0 Å². The van der Waals surface area contributed by atoms with Crippen LogP contribution >= 0.6 is 15.6 Å². The summed E-state index contributed by atoms with van der Waals surface area (Å²) in [5, 5.41) is 10.7. The van der Waals surface area contributed by atoms with Gasteiger partial charge in [-0.25, -0.2) is 9.13 Å². The summed E-state index contributed by atoms with van der Waals surface area (Å²) in [5.41, 5.74) is 0. The summed E-state index contributed by atoms with van der Waals surface area (Å²) in [6, 6.07) is 0. The van der Waals surface area contributed by atoms with Crippen molar-refractivity contribution in [2.45, 2.75) is 465 Å². The van der Waals surface area contributed by atoms with Gasteiger partial charge in [0.2, 0.25) is 0 Å². The molecular weight excluding hydrogens is 1350 g/mol. The lowest BCUT2D eigenvalue weighted by atomic mass is 10.0. The average Bonchev–Trinajstić information content (AvgIpc) is 0.906. The number of rotatable bonds is 83. The maximum absolute atomic E-state index is 13.1. The number of aliphatic hydroxyl groups excluding tert-OH is 1.